The molecule has 0 bridgehead atoms. The molecule has 1 fully saturated rings. The van der Waals surface area contributed by atoms with E-state index < -0.39 is 10.2 Å². The lowest BCUT2D eigenvalue weighted by Crippen LogP contribution is -2.48. The number of nitrogens with zero attached hydrogens (tertiary/aromatic N) is 2. The molecule has 0 aromatic rings. The quantitative estimate of drug-likeness (QED) is 0.644. The van der Waals surface area contributed by atoms with Crippen molar-refractivity contribution in [2.45, 2.75) is 38.6 Å². The maximum Gasteiger partial charge on any atom is 0.281 e. The maximum atomic E-state index is 12.6. The Hall–Kier alpha value is -0.210. The van der Waals surface area contributed by atoms with E-state index in [0.717, 1.165) is 32.2 Å². The second kappa shape index (κ2) is 8.94. The molecule has 0 saturated carbocycles. The van der Waals surface area contributed by atoms with Crippen molar-refractivity contribution in [1.82, 2.24) is 13.9 Å². The Morgan fingerprint density at radius 1 is 1.35 bits per heavy atom. The van der Waals surface area contributed by atoms with Gasteiger partial charge in [0, 0.05) is 39.8 Å². The molecule has 1 unspecified atom stereocenters. The first-order valence-electron chi connectivity index (χ1n) is 7.46. The van der Waals surface area contributed by atoms with Gasteiger partial charge in [-0.15, -0.1) is 0 Å². The largest absolute Gasteiger partial charge is 0.383 e. The lowest BCUT2D eigenvalue weighted by atomic mass is 10.2. The summed E-state index contributed by atoms with van der Waals surface area (Å²) in [6.07, 6.45) is 4.03. The molecule has 120 valence electrons. The maximum absolute atomic E-state index is 12.6. The Kier molecular flexibility index (Phi) is 7.98. The van der Waals surface area contributed by atoms with Crippen molar-refractivity contribution < 1.29 is 13.2 Å². The van der Waals surface area contributed by atoms with Gasteiger partial charge in [0.25, 0.3) is 10.2 Å². The molecule has 1 aliphatic rings. The molecule has 0 spiro atoms. The Morgan fingerprint density at radius 2 is 2.10 bits per heavy atom. The summed E-state index contributed by atoms with van der Waals surface area (Å²) >= 11 is 0. The van der Waals surface area contributed by atoms with Crippen LogP contribution in [-0.4, -0.2) is 70.0 Å². The van der Waals surface area contributed by atoms with Gasteiger partial charge >= 0.3 is 0 Å². The van der Waals surface area contributed by atoms with Crippen LogP contribution in [-0.2, 0) is 14.9 Å². The second-order valence-electron chi connectivity index (χ2n) is 5.33. The van der Waals surface area contributed by atoms with Gasteiger partial charge in [-0.1, -0.05) is 13.3 Å². The SMILES string of the molecule is CCCCN(C)S(=O)(=O)N(CCOC)CC1CCCN1. The van der Waals surface area contributed by atoms with Crippen LogP contribution in [0.4, 0.5) is 0 Å². The van der Waals surface area contributed by atoms with Crippen LogP contribution < -0.4 is 5.32 Å². The first-order chi connectivity index (χ1) is 9.52. The monoisotopic (exact) mass is 307 g/mol. The molecule has 1 N–H and O–H groups in total. The summed E-state index contributed by atoms with van der Waals surface area (Å²) < 4.78 is 33.3. The Morgan fingerprint density at radius 3 is 2.65 bits per heavy atom. The van der Waals surface area contributed by atoms with Gasteiger partial charge in [0.1, 0.15) is 0 Å². The van der Waals surface area contributed by atoms with Crippen LogP contribution in [0.15, 0.2) is 0 Å². The highest BCUT2D eigenvalue weighted by molar-refractivity contribution is 7.86. The van der Waals surface area contributed by atoms with E-state index in [1.165, 1.54) is 4.31 Å². The highest BCUT2D eigenvalue weighted by Gasteiger charge is 2.29. The summed E-state index contributed by atoms with van der Waals surface area (Å²) in [6, 6.07) is 0.265. The molecule has 1 rings (SSSR count). The molecule has 1 atom stereocenters. The minimum absolute atomic E-state index is 0.265. The first kappa shape index (κ1) is 17.8. The Balaban J connectivity index is 2.67. The molecule has 0 aromatic carbocycles. The molecule has 1 heterocycles. The summed E-state index contributed by atoms with van der Waals surface area (Å²) in [5, 5.41) is 3.35. The fourth-order valence-corrected chi connectivity index (χ4v) is 3.77. The molecule has 1 saturated heterocycles. The number of ether oxygens (including phenoxy) is 1. The van der Waals surface area contributed by atoms with Crippen molar-refractivity contribution in [3.05, 3.63) is 0 Å². The molecular weight excluding hydrogens is 278 g/mol. The van der Waals surface area contributed by atoms with Crippen molar-refractivity contribution in [2.75, 3.05) is 46.9 Å². The topological polar surface area (TPSA) is 61.9 Å². The lowest BCUT2D eigenvalue weighted by molar-refractivity contribution is 0.173. The zero-order valence-corrected chi connectivity index (χ0v) is 13.8. The number of hydrogen-bond donors (Lipinski definition) is 1. The second-order valence-corrected chi connectivity index (χ2v) is 7.36. The zero-order chi connectivity index (χ0) is 15.0. The summed E-state index contributed by atoms with van der Waals surface area (Å²) in [6.45, 7) is 4.98. The van der Waals surface area contributed by atoms with E-state index in [0.29, 0.717) is 26.2 Å². The van der Waals surface area contributed by atoms with Crippen LogP contribution in [0.1, 0.15) is 32.6 Å². The standard InChI is InChI=1S/C13H29N3O3S/c1-4-5-9-15(2)20(17,18)16(10-11-19-3)12-13-7-6-8-14-13/h13-14H,4-12H2,1-3H3. The third-order valence-corrected chi connectivity index (χ3v) is 5.63. The molecule has 0 aromatic heterocycles. The van der Waals surface area contributed by atoms with Crippen LogP contribution in [0.2, 0.25) is 0 Å². The minimum atomic E-state index is -3.39. The Labute approximate surface area is 123 Å². The van der Waals surface area contributed by atoms with Crippen LogP contribution in [0.3, 0.4) is 0 Å². The van der Waals surface area contributed by atoms with Crippen molar-refractivity contribution in [2.24, 2.45) is 0 Å². The molecular formula is C13H29N3O3S. The third kappa shape index (κ3) is 5.29. The lowest BCUT2D eigenvalue weighted by Gasteiger charge is -2.29. The minimum Gasteiger partial charge on any atom is -0.383 e. The van der Waals surface area contributed by atoms with Gasteiger partial charge in [-0.3, -0.25) is 0 Å². The number of rotatable bonds is 10. The van der Waals surface area contributed by atoms with Crippen LogP contribution >= 0.6 is 0 Å². The van der Waals surface area contributed by atoms with E-state index in [1.807, 2.05) is 0 Å². The molecule has 7 heteroatoms. The number of methoxy groups -OCH3 is 1. The van der Waals surface area contributed by atoms with Crippen LogP contribution in [0.25, 0.3) is 0 Å². The summed E-state index contributed by atoms with van der Waals surface area (Å²) in [7, 11) is -0.130. The fraction of sp³-hybridized carbons (Fsp3) is 1.00. The van der Waals surface area contributed by atoms with E-state index >= 15 is 0 Å². The number of unbranched alkanes of at least 4 members (excludes halogenated alkanes) is 1. The molecule has 1 aliphatic heterocycles. The van der Waals surface area contributed by atoms with Crippen LogP contribution in [0, 0.1) is 0 Å². The van der Waals surface area contributed by atoms with Gasteiger partial charge in [-0.2, -0.15) is 17.0 Å². The van der Waals surface area contributed by atoms with Crippen molar-refractivity contribution in [3.63, 3.8) is 0 Å². The van der Waals surface area contributed by atoms with Crippen molar-refractivity contribution in [1.29, 1.82) is 0 Å². The Bertz CT molecular complexity index is 356. The van der Waals surface area contributed by atoms with Crippen molar-refractivity contribution >= 4 is 10.2 Å². The normalized spacial score (nSPS) is 20.1. The number of nitrogens with one attached hydrogen (secondary N) is 1. The van der Waals surface area contributed by atoms with Gasteiger partial charge in [-0.05, 0) is 25.8 Å². The molecule has 0 radical (unpaired) electrons. The number of hydrogen-bond acceptors (Lipinski definition) is 4. The predicted octanol–water partition coefficient (Wildman–Crippen LogP) is 0.664. The van der Waals surface area contributed by atoms with Crippen LogP contribution in [0.5, 0.6) is 0 Å². The van der Waals surface area contributed by atoms with Gasteiger partial charge in [0.2, 0.25) is 0 Å². The zero-order valence-electron chi connectivity index (χ0n) is 13.0. The smallest absolute Gasteiger partial charge is 0.281 e. The summed E-state index contributed by atoms with van der Waals surface area (Å²) in [4.78, 5) is 0. The average molecular weight is 307 g/mol. The van der Waals surface area contributed by atoms with E-state index in [9.17, 15) is 8.42 Å². The van der Waals surface area contributed by atoms with Gasteiger partial charge in [-0.25, -0.2) is 0 Å². The van der Waals surface area contributed by atoms with Gasteiger partial charge < -0.3 is 10.1 Å². The summed E-state index contributed by atoms with van der Waals surface area (Å²) in [5.74, 6) is 0. The van der Waals surface area contributed by atoms with Gasteiger partial charge in [0.05, 0.1) is 6.61 Å². The average Bonchev–Trinajstić information content (AvgIpc) is 2.93. The third-order valence-electron chi connectivity index (χ3n) is 3.68. The predicted molar refractivity (Wildman–Crippen MR) is 80.9 cm³/mol. The highest BCUT2D eigenvalue weighted by Crippen LogP contribution is 2.13. The van der Waals surface area contributed by atoms with Crippen molar-refractivity contribution in [3.8, 4) is 0 Å². The van der Waals surface area contributed by atoms with Gasteiger partial charge in [0.15, 0.2) is 0 Å². The highest BCUT2D eigenvalue weighted by atomic mass is 32.2. The van der Waals surface area contributed by atoms with E-state index in [4.69, 9.17) is 4.74 Å². The molecule has 20 heavy (non-hydrogen) atoms. The first-order valence-corrected chi connectivity index (χ1v) is 8.85. The van der Waals surface area contributed by atoms with E-state index in [1.54, 1.807) is 18.5 Å². The summed E-state index contributed by atoms with van der Waals surface area (Å²) in [5.41, 5.74) is 0. The molecule has 6 nitrogen and oxygen atoms in total. The van der Waals surface area contributed by atoms with E-state index in [-0.39, 0.29) is 6.04 Å². The molecule has 0 aliphatic carbocycles. The van der Waals surface area contributed by atoms with E-state index in [2.05, 4.69) is 12.2 Å². The fourth-order valence-electron chi connectivity index (χ4n) is 2.35. The molecule has 0 amide bonds.